The monoisotopic (exact) mass is 674 g/mol. The van der Waals surface area contributed by atoms with Crippen molar-refractivity contribution in [1.29, 1.82) is 0 Å². The van der Waals surface area contributed by atoms with Crippen LogP contribution in [0.4, 0.5) is 0 Å². The molecule has 3 heteroatoms. The molecule has 0 unspecified atom stereocenters. The van der Waals surface area contributed by atoms with E-state index in [9.17, 15) is 0 Å². The van der Waals surface area contributed by atoms with E-state index in [0.29, 0.717) is 0 Å². The van der Waals surface area contributed by atoms with Crippen molar-refractivity contribution in [2.24, 2.45) is 0 Å². The van der Waals surface area contributed by atoms with Crippen LogP contribution in [0.3, 0.4) is 0 Å². The van der Waals surface area contributed by atoms with E-state index in [2.05, 4.69) is 170 Å². The zero-order chi connectivity index (χ0) is 34.2. The van der Waals surface area contributed by atoms with Crippen molar-refractivity contribution in [3.05, 3.63) is 145 Å². The van der Waals surface area contributed by atoms with Gasteiger partial charge in [0.25, 0.3) is 0 Å². The molecular weight excluding hydrogens is 637 g/mol. The van der Waals surface area contributed by atoms with Crippen LogP contribution in [-0.4, -0.2) is 9.13 Å². The molecule has 0 fully saturated rings. The van der Waals surface area contributed by atoms with Gasteiger partial charge in [0.1, 0.15) is 0 Å². The van der Waals surface area contributed by atoms with Crippen molar-refractivity contribution >= 4 is 85.9 Å². The van der Waals surface area contributed by atoms with E-state index >= 15 is 0 Å². The summed E-state index contributed by atoms with van der Waals surface area (Å²) < 4.78 is 7.72. The summed E-state index contributed by atoms with van der Waals surface area (Å²) in [6.45, 7) is 9.77. The number of benzene rings is 7. The largest absolute Gasteiger partial charge is 0.309 e. The van der Waals surface area contributed by atoms with Crippen molar-refractivity contribution < 1.29 is 0 Å². The molecule has 0 amide bonds. The summed E-state index contributed by atoms with van der Waals surface area (Å²) in [4.78, 5) is 0. The second-order valence-corrected chi connectivity index (χ2v) is 17.1. The van der Waals surface area contributed by atoms with E-state index in [4.69, 9.17) is 0 Å². The molecule has 7 aromatic carbocycles. The zero-order valence-corrected chi connectivity index (χ0v) is 30.2. The summed E-state index contributed by atoms with van der Waals surface area (Å²) in [7, 11) is 0. The second-order valence-electron chi connectivity index (χ2n) is 16.0. The molecule has 0 bridgehead atoms. The summed E-state index contributed by atoms with van der Waals surface area (Å²) >= 11 is 1.90. The quantitative estimate of drug-likeness (QED) is 0.173. The zero-order valence-electron chi connectivity index (χ0n) is 29.4. The second kappa shape index (κ2) is 10.1. The molecule has 51 heavy (non-hydrogen) atoms. The van der Waals surface area contributed by atoms with Crippen molar-refractivity contribution in [2.75, 3.05) is 0 Å². The number of nitrogens with zero attached hydrogens (tertiary/aromatic N) is 2. The number of rotatable bonds is 2. The minimum absolute atomic E-state index is 0.111. The summed E-state index contributed by atoms with van der Waals surface area (Å²) in [5.41, 5.74) is 10.7. The van der Waals surface area contributed by atoms with Gasteiger partial charge >= 0.3 is 0 Å². The first kappa shape index (κ1) is 29.4. The molecule has 1 aliphatic rings. The number of thiophene rings is 1. The minimum Gasteiger partial charge on any atom is -0.309 e. The highest BCUT2D eigenvalue weighted by Crippen LogP contribution is 2.50. The Morgan fingerprint density at radius 3 is 1.86 bits per heavy atom. The Morgan fingerprint density at radius 1 is 0.431 bits per heavy atom. The summed E-state index contributed by atoms with van der Waals surface area (Å²) in [6.07, 6.45) is 2.38. The van der Waals surface area contributed by atoms with Crippen molar-refractivity contribution in [3.8, 4) is 11.4 Å². The van der Waals surface area contributed by atoms with Gasteiger partial charge in [0.2, 0.25) is 0 Å². The first-order chi connectivity index (χ1) is 24.8. The van der Waals surface area contributed by atoms with Crippen molar-refractivity contribution in [3.63, 3.8) is 0 Å². The van der Waals surface area contributed by atoms with E-state index < -0.39 is 0 Å². The standard InChI is InChI=1S/C48H38N2S/c1-47(2)22-23-48(3,4)39-28-43-35(25-38(39)47)36-26-42-37(27-41(36)50(43)31-19-20-34-33-16-10-11-17-44(33)51-45(34)24-31)46-32-15-9-8-12-29(32)18-21-40(46)49(42)30-13-6-5-7-14-30/h5-21,24-28H,22-23H2,1-4H3. The predicted molar refractivity (Wildman–Crippen MR) is 221 cm³/mol. The van der Waals surface area contributed by atoms with E-state index in [-0.39, 0.29) is 10.8 Å². The van der Waals surface area contributed by atoms with Gasteiger partial charge in [-0.05, 0) is 106 Å². The molecule has 246 valence electrons. The molecule has 0 spiro atoms. The number of para-hydroxylation sites is 1. The van der Waals surface area contributed by atoms with Crippen LogP contribution in [0.2, 0.25) is 0 Å². The van der Waals surface area contributed by atoms with Crippen LogP contribution in [0.1, 0.15) is 51.7 Å². The van der Waals surface area contributed by atoms with E-state index in [1.807, 2.05) is 11.3 Å². The maximum absolute atomic E-state index is 2.57. The van der Waals surface area contributed by atoms with Gasteiger partial charge < -0.3 is 9.13 Å². The predicted octanol–water partition coefficient (Wildman–Crippen LogP) is 13.8. The number of hydrogen-bond donors (Lipinski definition) is 0. The average molecular weight is 675 g/mol. The Morgan fingerprint density at radius 2 is 1.04 bits per heavy atom. The molecule has 10 aromatic rings. The van der Waals surface area contributed by atoms with Crippen molar-refractivity contribution in [1.82, 2.24) is 9.13 Å². The number of hydrogen-bond acceptors (Lipinski definition) is 1. The van der Waals surface area contributed by atoms with Gasteiger partial charge in [0, 0.05) is 53.1 Å². The Hall–Kier alpha value is -5.38. The van der Waals surface area contributed by atoms with Crippen LogP contribution in [0.5, 0.6) is 0 Å². The smallest absolute Gasteiger partial charge is 0.0549 e. The van der Waals surface area contributed by atoms with Crippen molar-refractivity contribution in [2.45, 2.75) is 51.4 Å². The SMILES string of the molecule is CC1(C)CCC(C)(C)c2cc3c(cc21)c1cc2c(cc1n3-c1ccc3c(c1)sc1ccccc13)c1c3ccccc3ccc1n2-c1ccccc1. The topological polar surface area (TPSA) is 9.86 Å². The normalized spacial score (nSPS) is 15.6. The lowest BCUT2D eigenvalue weighted by Gasteiger charge is -2.42. The third-order valence-electron chi connectivity index (χ3n) is 12.1. The van der Waals surface area contributed by atoms with Crippen LogP contribution in [0, 0.1) is 0 Å². The maximum Gasteiger partial charge on any atom is 0.0549 e. The van der Waals surface area contributed by atoms with Crippen LogP contribution in [0.25, 0.3) is 85.9 Å². The highest BCUT2D eigenvalue weighted by Gasteiger charge is 2.38. The van der Waals surface area contributed by atoms with Gasteiger partial charge in [-0.1, -0.05) is 100 Å². The van der Waals surface area contributed by atoms with Gasteiger partial charge in [-0.3, -0.25) is 0 Å². The lowest BCUT2D eigenvalue weighted by Crippen LogP contribution is -2.33. The van der Waals surface area contributed by atoms with Crippen LogP contribution in [0.15, 0.2) is 133 Å². The van der Waals surface area contributed by atoms with Crippen LogP contribution >= 0.6 is 11.3 Å². The maximum atomic E-state index is 2.57. The van der Waals surface area contributed by atoms with Crippen LogP contribution < -0.4 is 0 Å². The molecule has 0 N–H and O–H groups in total. The molecule has 0 radical (unpaired) electrons. The molecule has 0 aliphatic heterocycles. The molecule has 2 nitrogen and oxygen atoms in total. The molecule has 0 atom stereocenters. The highest BCUT2D eigenvalue weighted by atomic mass is 32.1. The van der Waals surface area contributed by atoms with Gasteiger partial charge in [-0.25, -0.2) is 0 Å². The lowest BCUT2D eigenvalue weighted by molar-refractivity contribution is 0.332. The Labute approximate surface area is 301 Å². The third kappa shape index (κ3) is 4.04. The number of fused-ring (bicyclic) bond motifs is 12. The Kier molecular flexibility index (Phi) is 5.82. The van der Waals surface area contributed by atoms with Crippen LogP contribution in [-0.2, 0) is 10.8 Å². The lowest BCUT2D eigenvalue weighted by atomic mass is 9.63. The molecule has 0 saturated heterocycles. The average Bonchev–Trinajstić information content (AvgIpc) is 3.79. The minimum atomic E-state index is 0.111. The van der Waals surface area contributed by atoms with Gasteiger partial charge in [-0.15, -0.1) is 11.3 Å². The summed E-state index contributed by atoms with van der Waals surface area (Å²) in [5.74, 6) is 0. The Bertz CT molecular complexity index is 3080. The highest BCUT2D eigenvalue weighted by molar-refractivity contribution is 7.25. The molecule has 3 heterocycles. The summed E-state index contributed by atoms with van der Waals surface area (Å²) in [6, 6.07) is 50.4. The van der Waals surface area contributed by atoms with Gasteiger partial charge in [0.15, 0.2) is 0 Å². The first-order valence-corrected chi connectivity index (χ1v) is 19.0. The molecule has 1 aliphatic carbocycles. The molecule has 11 rings (SSSR count). The first-order valence-electron chi connectivity index (χ1n) is 18.2. The van der Waals surface area contributed by atoms with E-state index in [0.717, 1.165) is 0 Å². The summed E-state index contributed by atoms with van der Waals surface area (Å²) in [5, 5.41) is 10.5. The van der Waals surface area contributed by atoms with Gasteiger partial charge in [-0.2, -0.15) is 0 Å². The van der Waals surface area contributed by atoms with E-state index in [1.165, 1.54) is 110 Å². The molecule has 0 saturated carbocycles. The fourth-order valence-corrected chi connectivity index (χ4v) is 10.5. The fourth-order valence-electron chi connectivity index (χ4n) is 9.34. The molecular formula is C48H38N2S. The third-order valence-corrected chi connectivity index (χ3v) is 13.3. The van der Waals surface area contributed by atoms with Gasteiger partial charge in [0.05, 0.1) is 22.1 Å². The molecule has 3 aromatic heterocycles. The Balaban J connectivity index is 1.33. The van der Waals surface area contributed by atoms with E-state index in [1.54, 1.807) is 0 Å². The number of aromatic nitrogens is 2. The fraction of sp³-hybridized carbons (Fsp3) is 0.167.